The van der Waals surface area contributed by atoms with E-state index in [9.17, 15) is 13.6 Å². The number of nitrogens with one attached hydrogen (secondary N) is 1. The van der Waals surface area contributed by atoms with Crippen LogP contribution in [0.3, 0.4) is 0 Å². The lowest BCUT2D eigenvalue weighted by molar-refractivity contribution is -0.124. The number of amides is 1. The van der Waals surface area contributed by atoms with Crippen LogP contribution in [0.1, 0.15) is 32.6 Å². The highest BCUT2D eigenvalue weighted by Crippen LogP contribution is 2.25. The fraction of sp³-hybridized carbons (Fsp3) is 0.429. The van der Waals surface area contributed by atoms with Gasteiger partial charge in [0.1, 0.15) is 23.2 Å². The van der Waals surface area contributed by atoms with Gasteiger partial charge in [0.2, 0.25) is 5.91 Å². The Labute approximate surface area is 126 Å². The molecule has 0 fully saturated rings. The topological polar surface area (TPSA) is 46.9 Å². The lowest BCUT2D eigenvalue weighted by Gasteiger charge is -2.18. The summed E-state index contributed by atoms with van der Waals surface area (Å²) in [6, 6.07) is 1.20. The van der Waals surface area contributed by atoms with Gasteiger partial charge in [0.25, 0.3) is 0 Å². The zero-order valence-corrected chi connectivity index (χ0v) is 12.7. The Hall–Kier alpha value is -1.69. The maximum Gasteiger partial charge on any atom is 0.243 e. The zero-order chi connectivity index (χ0) is 15.7. The molecule has 0 saturated carbocycles. The van der Waals surface area contributed by atoms with Gasteiger partial charge in [-0.1, -0.05) is 0 Å². The molecule has 0 radical (unpaired) electrons. The van der Waals surface area contributed by atoms with E-state index >= 15 is 0 Å². The van der Waals surface area contributed by atoms with Crippen LogP contribution in [0.2, 0.25) is 0 Å². The van der Waals surface area contributed by atoms with Gasteiger partial charge in [-0.3, -0.25) is 4.79 Å². The molecule has 1 heterocycles. The third kappa shape index (κ3) is 3.00. The van der Waals surface area contributed by atoms with Crippen molar-refractivity contribution in [3.63, 3.8) is 0 Å². The molecule has 0 spiro atoms. The first-order chi connectivity index (χ1) is 9.85. The van der Waals surface area contributed by atoms with Gasteiger partial charge < -0.3 is 9.88 Å². The van der Waals surface area contributed by atoms with E-state index in [1.807, 2.05) is 13.8 Å². The number of imidazole rings is 1. The van der Waals surface area contributed by atoms with Gasteiger partial charge in [0.05, 0.1) is 11.4 Å². The highest BCUT2D eigenvalue weighted by atomic mass is 35.5. The minimum absolute atomic E-state index is 0.00492. The maximum atomic E-state index is 13.8. The number of hydrogen-bond acceptors (Lipinski definition) is 2. The van der Waals surface area contributed by atoms with Crippen molar-refractivity contribution in [3.05, 3.63) is 29.6 Å². The second-order valence-corrected chi connectivity index (χ2v) is 5.39. The molecule has 1 amide bonds. The molecule has 21 heavy (non-hydrogen) atoms. The summed E-state index contributed by atoms with van der Waals surface area (Å²) in [5, 5.41) is 2.76. The largest absolute Gasteiger partial charge is 0.352 e. The fourth-order valence-corrected chi connectivity index (χ4v) is 2.41. The molecule has 0 aliphatic carbocycles. The van der Waals surface area contributed by atoms with Gasteiger partial charge >= 0.3 is 0 Å². The summed E-state index contributed by atoms with van der Waals surface area (Å²) in [6.07, 6.45) is 0. The van der Waals surface area contributed by atoms with E-state index < -0.39 is 17.7 Å². The van der Waals surface area contributed by atoms with Crippen molar-refractivity contribution in [2.75, 3.05) is 0 Å². The molecule has 7 heteroatoms. The number of nitrogens with zero attached hydrogens (tertiary/aromatic N) is 2. The number of hydrogen-bond donors (Lipinski definition) is 1. The van der Waals surface area contributed by atoms with Crippen LogP contribution in [0.25, 0.3) is 11.0 Å². The molecule has 1 aromatic heterocycles. The van der Waals surface area contributed by atoms with Crippen molar-refractivity contribution in [1.82, 2.24) is 14.9 Å². The molecule has 0 bridgehead atoms. The third-order valence-electron chi connectivity index (χ3n) is 3.10. The highest BCUT2D eigenvalue weighted by Gasteiger charge is 2.23. The second-order valence-electron chi connectivity index (χ2n) is 5.13. The first kappa shape index (κ1) is 15.7. The summed E-state index contributed by atoms with van der Waals surface area (Å²) in [5.41, 5.74) is 0.228. The van der Waals surface area contributed by atoms with E-state index in [0.29, 0.717) is 5.82 Å². The number of rotatable bonds is 4. The number of benzene rings is 1. The van der Waals surface area contributed by atoms with Crippen LogP contribution in [0.5, 0.6) is 0 Å². The molecule has 4 nitrogen and oxygen atoms in total. The van der Waals surface area contributed by atoms with Crippen molar-refractivity contribution in [2.24, 2.45) is 0 Å². The Morgan fingerprint density at radius 1 is 1.38 bits per heavy atom. The van der Waals surface area contributed by atoms with Crippen molar-refractivity contribution < 1.29 is 13.6 Å². The zero-order valence-electron chi connectivity index (χ0n) is 12.0. The van der Waals surface area contributed by atoms with Gasteiger partial charge in [0.15, 0.2) is 5.82 Å². The molecular weight excluding hydrogens is 300 g/mol. The van der Waals surface area contributed by atoms with Crippen molar-refractivity contribution >= 4 is 28.5 Å². The summed E-state index contributed by atoms with van der Waals surface area (Å²) >= 11 is 5.82. The van der Waals surface area contributed by atoms with Crippen LogP contribution in [0.4, 0.5) is 8.78 Å². The van der Waals surface area contributed by atoms with Gasteiger partial charge in [-0.25, -0.2) is 13.8 Å². The molecule has 1 N–H and O–H groups in total. The Kier molecular flexibility index (Phi) is 4.46. The smallest absolute Gasteiger partial charge is 0.243 e. The first-order valence-electron chi connectivity index (χ1n) is 6.57. The minimum atomic E-state index is -0.772. The lowest BCUT2D eigenvalue weighted by atomic mass is 10.2. The highest BCUT2D eigenvalue weighted by molar-refractivity contribution is 6.17. The van der Waals surface area contributed by atoms with Gasteiger partial charge in [-0.2, -0.15) is 0 Å². The number of carbonyl (C=O) groups excluding carboxylic acids is 1. The Bertz CT molecular complexity index is 684. The summed E-state index contributed by atoms with van der Waals surface area (Å²) < 4.78 is 28.7. The monoisotopic (exact) mass is 315 g/mol. The van der Waals surface area contributed by atoms with Crippen molar-refractivity contribution in [2.45, 2.75) is 38.7 Å². The SMILES string of the molecule is CC(C)NC(=O)C(C)n1c(CCl)nc2c(F)cc(F)cc21. The fourth-order valence-electron chi connectivity index (χ4n) is 2.22. The van der Waals surface area contributed by atoms with Crippen molar-refractivity contribution in [3.8, 4) is 0 Å². The Balaban J connectivity index is 2.58. The van der Waals surface area contributed by atoms with E-state index in [0.717, 1.165) is 12.1 Å². The molecule has 2 aromatic rings. The van der Waals surface area contributed by atoms with Gasteiger partial charge in [0, 0.05) is 18.2 Å². The molecule has 0 aliphatic rings. The van der Waals surface area contributed by atoms with E-state index in [4.69, 9.17) is 11.6 Å². The van der Waals surface area contributed by atoms with Crippen LogP contribution in [0, 0.1) is 11.6 Å². The van der Waals surface area contributed by atoms with E-state index in [1.165, 1.54) is 4.57 Å². The standard InChI is InChI=1S/C14H16ClF2N3O/c1-7(2)18-14(21)8(3)20-11-5-9(16)4-10(17)13(11)19-12(20)6-15/h4-5,7-8H,6H2,1-3H3,(H,18,21). The summed E-state index contributed by atoms with van der Waals surface area (Å²) in [5.74, 6) is -1.44. The summed E-state index contributed by atoms with van der Waals surface area (Å²) in [6.45, 7) is 5.30. The lowest BCUT2D eigenvalue weighted by Crippen LogP contribution is -2.36. The van der Waals surface area contributed by atoms with E-state index in [1.54, 1.807) is 6.92 Å². The number of halogens is 3. The molecule has 0 aliphatic heterocycles. The number of carbonyl (C=O) groups is 1. The molecular formula is C14H16ClF2N3O. The van der Waals surface area contributed by atoms with Gasteiger partial charge in [-0.15, -0.1) is 11.6 Å². The van der Waals surface area contributed by atoms with Crippen LogP contribution >= 0.6 is 11.6 Å². The average Bonchev–Trinajstić information content (AvgIpc) is 2.75. The minimum Gasteiger partial charge on any atom is -0.352 e. The number of aromatic nitrogens is 2. The molecule has 1 unspecified atom stereocenters. The Morgan fingerprint density at radius 2 is 2.05 bits per heavy atom. The number of fused-ring (bicyclic) bond motifs is 1. The second kappa shape index (κ2) is 5.97. The molecule has 2 rings (SSSR count). The van der Waals surface area contributed by atoms with Crippen LogP contribution in [-0.4, -0.2) is 21.5 Å². The van der Waals surface area contributed by atoms with Crippen LogP contribution in [0.15, 0.2) is 12.1 Å². The quantitative estimate of drug-likeness (QED) is 0.881. The van der Waals surface area contributed by atoms with Gasteiger partial charge in [-0.05, 0) is 20.8 Å². The molecule has 0 saturated heterocycles. The molecule has 114 valence electrons. The third-order valence-corrected chi connectivity index (χ3v) is 3.34. The average molecular weight is 316 g/mol. The molecule has 1 atom stereocenters. The summed E-state index contributed by atoms with van der Waals surface area (Å²) in [4.78, 5) is 16.2. The summed E-state index contributed by atoms with van der Waals surface area (Å²) in [7, 11) is 0. The van der Waals surface area contributed by atoms with E-state index in [2.05, 4.69) is 10.3 Å². The Morgan fingerprint density at radius 3 is 2.62 bits per heavy atom. The van der Waals surface area contributed by atoms with Crippen molar-refractivity contribution in [1.29, 1.82) is 0 Å². The predicted molar refractivity (Wildman–Crippen MR) is 77.2 cm³/mol. The molecule has 1 aromatic carbocycles. The van der Waals surface area contributed by atoms with E-state index in [-0.39, 0.29) is 28.9 Å². The van der Waals surface area contributed by atoms with Crippen LogP contribution in [-0.2, 0) is 10.7 Å². The predicted octanol–water partition coefficient (Wildman–Crippen LogP) is 3.14. The normalized spacial score (nSPS) is 12.9. The maximum absolute atomic E-state index is 13.8. The van der Waals surface area contributed by atoms with Crippen LogP contribution < -0.4 is 5.32 Å². The first-order valence-corrected chi connectivity index (χ1v) is 7.10. The number of alkyl halides is 1.